The van der Waals surface area contributed by atoms with Crippen molar-refractivity contribution < 1.29 is 8.78 Å². The van der Waals surface area contributed by atoms with Crippen molar-refractivity contribution >= 4 is 23.1 Å². The van der Waals surface area contributed by atoms with Gasteiger partial charge in [-0.25, -0.2) is 13.5 Å². The van der Waals surface area contributed by atoms with Crippen molar-refractivity contribution in [3.8, 4) is 0 Å². The lowest BCUT2D eigenvalue weighted by molar-refractivity contribution is 0.475. The van der Waals surface area contributed by atoms with Crippen LogP contribution >= 0.6 is 0 Å². The molecule has 184 valence electrons. The minimum Gasteiger partial charge on any atom is -0.245 e. The van der Waals surface area contributed by atoms with E-state index in [9.17, 15) is 4.39 Å². The van der Waals surface area contributed by atoms with E-state index >= 15 is 4.39 Å². The molecule has 0 unspecified atom stereocenters. The van der Waals surface area contributed by atoms with Crippen LogP contribution in [0.25, 0.3) is 23.1 Å². The number of hydrogen-bond acceptors (Lipinski definition) is 1. The van der Waals surface area contributed by atoms with Crippen molar-refractivity contribution in [2.24, 2.45) is 0 Å². The van der Waals surface area contributed by atoms with E-state index in [-0.39, 0.29) is 11.6 Å². The molecule has 0 saturated heterocycles. The van der Waals surface area contributed by atoms with Gasteiger partial charge in [0.05, 0.1) is 16.6 Å². The number of halogens is 2. The first-order valence-electron chi connectivity index (χ1n) is 12.5. The average molecular weight is 499 g/mol. The molecule has 0 saturated carbocycles. The summed E-state index contributed by atoms with van der Waals surface area (Å²) >= 11 is 0. The molecule has 5 aromatic carbocycles. The van der Waals surface area contributed by atoms with Crippen molar-refractivity contribution in [2.45, 2.75) is 5.54 Å². The van der Waals surface area contributed by atoms with Crippen LogP contribution in [0, 0.1) is 11.6 Å². The lowest BCUT2D eigenvalue weighted by Gasteiger charge is -2.37. The van der Waals surface area contributed by atoms with Gasteiger partial charge in [0, 0.05) is 0 Å². The van der Waals surface area contributed by atoms with Crippen LogP contribution in [0.4, 0.5) is 8.78 Å². The smallest absolute Gasteiger partial charge is 0.138 e. The molecule has 2 nitrogen and oxygen atoms in total. The average Bonchev–Trinajstić information content (AvgIpc) is 3.34. The molecular formula is C34H24F2N2. The summed E-state index contributed by atoms with van der Waals surface area (Å²) in [6.07, 6.45) is 3.51. The molecule has 0 aliphatic carbocycles. The molecule has 0 aliphatic heterocycles. The van der Waals surface area contributed by atoms with Gasteiger partial charge in [-0.05, 0) is 52.6 Å². The van der Waals surface area contributed by atoms with E-state index in [0.29, 0.717) is 22.2 Å². The number of rotatable bonds is 6. The van der Waals surface area contributed by atoms with E-state index in [1.165, 1.54) is 18.2 Å². The normalized spacial score (nSPS) is 11.8. The van der Waals surface area contributed by atoms with Crippen LogP contribution in [0.2, 0.25) is 0 Å². The van der Waals surface area contributed by atoms with E-state index < -0.39 is 5.54 Å². The van der Waals surface area contributed by atoms with Crippen molar-refractivity contribution in [1.29, 1.82) is 0 Å². The number of benzene rings is 5. The topological polar surface area (TPSA) is 17.8 Å². The molecule has 0 atom stereocenters. The van der Waals surface area contributed by atoms with E-state index in [4.69, 9.17) is 5.10 Å². The van der Waals surface area contributed by atoms with Crippen LogP contribution < -0.4 is 0 Å². The third kappa shape index (κ3) is 4.00. The van der Waals surface area contributed by atoms with Gasteiger partial charge in [-0.2, -0.15) is 5.10 Å². The zero-order valence-electron chi connectivity index (χ0n) is 20.5. The predicted octanol–water partition coefficient (Wildman–Crippen LogP) is 8.33. The highest BCUT2D eigenvalue weighted by Gasteiger charge is 2.41. The molecule has 6 aromatic rings. The van der Waals surface area contributed by atoms with E-state index in [1.54, 1.807) is 30.4 Å². The molecule has 0 amide bonds. The Labute approximate surface area is 220 Å². The van der Waals surface area contributed by atoms with Gasteiger partial charge in [-0.3, -0.25) is 0 Å². The summed E-state index contributed by atoms with van der Waals surface area (Å²) < 4.78 is 31.2. The fourth-order valence-electron chi connectivity index (χ4n) is 5.22. The maximum Gasteiger partial charge on any atom is 0.138 e. The lowest BCUT2D eigenvalue weighted by Crippen LogP contribution is -2.38. The van der Waals surface area contributed by atoms with Crippen LogP contribution in [0.5, 0.6) is 0 Å². The Kier molecular flexibility index (Phi) is 6.14. The molecule has 4 heteroatoms. The predicted molar refractivity (Wildman–Crippen MR) is 150 cm³/mol. The van der Waals surface area contributed by atoms with Crippen LogP contribution in [-0.4, -0.2) is 9.78 Å². The van der Waals surface area contributed by atoms with Crippen LogP contribution in [0.1, 0.15) is 27.9 Å². The molecule has 0 radical (unpaired) electrons. The van der Waals surface area contributed by atoms with Crippen molar-refractivity contribution in [1.82, 2.24) is 9.78 Å². The van der Waals surface area contributed by atoms with Crippen LogP contribution in [0.3, 0.4) is 0 Å². The second-order valence-electron chi connectivity index (χ2n) is 9.13. The van der Waals surface area contributed by atoms with Gasteiger partial charge in [0.25, 0.3) is 0 Å². The Balaban J connectivity index is 1.71. The minimum atomic E-state index is -0.888. The quantitative estimate of drug-likeness (QED) is 0.211. The van der Waals surface area contributed by atoms with Gasteiger partial charge >= 0.3 is 0 Å². The van der Waals surface area contributed by atoms with Gasteiger partial charge in [0.2, 0.25) is 0 Å². The van der Waals surface area contributed by atoms with E-state index in [0.717, 1.165) is 16.7 Å². The number of fused-ring (bicyclic) bond motifs is 1. The van der Waals surface area contributed by atoms with Crippen molar-refractivity contribution in [3.63, 3.8) is 0 Å². The summed E-state index contributed by atoms with van der Waals surface area (Å²) in [6, 6.07) is 41.8. The molecule has 0 fully saturated rings. The second kappa shape index (κ2) is 9.91. The standard InChI is InChI=1S/C34H24F2N2/c35-29-19-10-12-25(24-29)22-23-31-33-30(36)20-11-21-32(33)38(37-31)34(26-13-4-1-5-14-26,27-15-6-2-7-16-27)28-17-8-3-9-18-28/h1-24H/b23-22+. The fraction of sp³-hybridized carbons (Fsp3) is 0.0294. The number of hydrogen-bond donors (Lipinski definition) is 0. The van der Waals surface area contributed by atoms with Gasteiger partial charge < -0.3 is 0 Å². The molecule has 38 heavy (non-hydrogen) atoms. The van der Waals surface area contributed by atoms with Crippen molar-refractivity contribution in [2.75, 3.05) is 0 Å². The highest BCUT2D eigenvalue weighted by atomic mass is 19.1. The summed E-state index contributed by atoms with van der Waals surface area (Å²) in [5.74, 6) is -0.694. The first-order valence-corrected chi connectivity index (χ1v) is 12.5. The Morgan fingerprint density at radius 2 is 1.13 bits per heavy atom. The Morgan fingerprint density at radius 1 is 0.579 bits per heavy atom. The summed E-state index contributed by atoms with van der Waals surface area (Å²) in [5, 5.41) is 5.49. The second-order valence-corrected chi connectivity index (χ2v) is 9.13. The summed E-state index contributed by atoms with van der Waals surface area (Å²) in [7, 11) is 0. The number of nitrogens with zero attached hydrogens (tertiary/aromatic N) is 2. The zero-order chi connectivity index (χ0) is 26.0. The molecule has 0 spiro atoms. The SMILES string of the molecule is Fc1cccc(/C=C/c2nn(C(c3ccccc3)(c3ccccc3)c3ccccc3)c3cccc(F)c23)c1. The first kappa shape index (κ1) is 23.6. The summed E-state index contributed by atoms with van der Waals surface area (Å²) in [4.78, 5) is 0. The van der Waals surface area contributed by atoms with Gasteiger partial charge in [0.15, 0.2) is 0 Å². The van der Waals surface area contributed by atoms with Gasteiger partial charge in [-0.1, -0.05) is 115 Å². The summed E-state index contributed by atoms with van der Waals surface area (Å²) in [5.41, 5.74) is 3.88. The highest BCUT2D eigenvalue weighted by molar-refractivity contribution is 5.91. The molecule has 0 N–H and O–H groups in total. The third-order valence-corrected chi connectivity index (χ3v) is 6.86. The van der Waals surface area contributed by atoms with E-state index in [1.807, 2.05) is 65.3 Å². The van der Waals surface area contributed by atoms with E-state index in [2.05, 4.69) is 36.4 Å². The van der Waals surface area contributed by atoms with Crippen molar-refractivity contribution in [3.05, 3.63) is 173 Å². The van der Waals surface area contributed by atoms with Gasteiger partial charge in [-0.15, -0.1) is 0 Å². The Bertz CT molecular complexity index is 1630. The number of aromatic nitrogens is 2. The first-order chi connectivity index (χ1) is 18.7. The fourth-order valence-corrected chi connectivity index (χ4v) is 5.22. The molecule has 1 aromatic heterocycles. The monoisotopic (exact) mass is 498 g/mol. The van der Waals surface area contributed by atoms with Crippen LogP contribution in [0.15, 0.2) is 133 Å². The lowest BCUT2D eigenvalue weighted by atomic mass is 9.77. The molecule has 0 bridgehead atoms. The maximum atomic E-state index is 15.5. The maximum absolute atomic E-state index is 15.5. The zero-order valence-corrected chi connectivity index (χ0v) is 20.5. The molecule has 6 rings (SSSR count). The Morgan fingerprint density at radius 3 is 1.68 bits per heavy atom. The van der Waals surface area contributed by atoms with Gasteiger partial charge in [0.1, 0.15) is 17.2 Å². The largest absolute Gasteiger partial charge is 0.245 e. The third-order valence-electron chi connectivity index (χ3n) is 6.86. The minimum absolute atomic E-state index is 0.329. The molecule has 0 aliphatic rings. The summed E-state index contributed by atoms with van der Waals surface area (Å²) in [6.45, 7) is 0. The van der Waals surface area contributed by atoms with Crippen LogP contribution in [-0.2, 0) is 5.54 Å². The highest BCUT2D eigenvalue weighted by Crippen LogP contribution is 2.43. The molecule has 1 heterocycles. The molecular weight excluding hydrogens is 474 g/mol. The Hall–Kier alpha value is -4.83.